The zero-order valence-electron chi connectivity index (χ0n) is 12.3. The molecule has 0 bridgehead atoms. The van der Waals surface area contributed by atoms with Crippen molar-refractivity contribution in [2.24, 2.45) is 0 Å². The minimum Gasteiger partial charge on any atom is -0.384 e. The predicted molar refractivity (Wildman–Crippen MR) is 81.0 cm³/mol. The van der Waals surface area contributed by atoms with Crippen molar-refractivity contribution in [3.8, 4) is 0 Å². The highest BCUT2D eigenvalue weighted by molar-refractivity contribution is 5.78. The fourth-order valence-electron chi connectivity index (χ4n) is 3.27. The highest BCUT2D eigenvalue weighted by Crippen LogP contribution is 2.33. The summed E-state index contributed by atoms with van der Waals surface area (Å²) in [5, 5.41) is 3.39. The topological polar surface area (TPSA) is 35.6 Å². The van der Waals surface area contributed by atoms with Crippen LogP contribution in [0.3, 0.4) is 0 Å². The lowest BCUT2D eigenvalue weighted by atomic mass is 9.97. The second-order valence-electron chi connectivity index (χ2n) is 6.12. The summed E-state index contributed by atoms with van der Waals surface area (Å²) in [5.74, 6) is 0.634. The third-order valence-electron chi connectivity index (χ3n) is 4.61. The van der Waals surface area contributed by atoms with Crippen molar-refractivity contribution in [2.75, 3.05) is 39.0 Å². The zero-order chi connectivity index (χ0) is 14.1. The number of nitrogens with one attached hydrogen (secondary N) is 1. The normalized spacial score (nSPS) is 24.9. The van der Waals surface area contributed by atoms with E-state index in [-0.39, 0.29) is 0 Å². The van der Waals surface area contributed by atoms with Gasteiger partial charge in [-0.3, -0.25) is 4.79 Å². The largest absolute Gasteiger partial charge is 0.384 e. The molecule has 4 nitrogen and oxygen atoms in total. The minimum absolute atomic E-state index is 0.304. The number of hydrogen-bond acceptors (Lipinski definition) is 3. The fourth-order valence-corrected chi connectivity index (χ4v) is 3.27. The van der Waals surface area contributed by atoms with Gasteiger partial charge in [0.25, 0.3) is 0 Å². The molecule has 3 rings (SSSR count). The second-order valence-corrected chi connectivity index (χ2v) is 6.12. The van der Waals surface area contributed by atoms with Crippen molar-refractivity contribution < 1.29 is 4.79 Å². The number of nitrogens with zero attached hydrogens (tertiary/aromatic N) is 2. The fraction of sp³-hybridized carbons (Fsp3) is 0.562. The van der Waals surface area contributed by atoms with E-state index in [1.54, 1.807) is 0 Å². The molecule has 0 aromatic heterocycles. The van der Waals surface area contributed by atoms with Gasteiger partial charge in [-0.2, -0.15) is 0 Å². The average Bonchev–Trinajstić information content (AvgIpc) is 3.06. The molecule has 2 unspecified atom stereocenters. The zero-order valence-corrected chi connectivity index (χ0v) is 12.3. The summed E-state index contributed by atoms with van der Waals surface area (Å²) in [6.07, 6.45) is 1.72. The Labute approximate surface area is 120 Å². The Balaban J connectivity index is 1.61. The van der Waals surface area contributed by atoms with Gasteiger partial charge in [0.05, 0.1) is 0 Å². The molecule has 108 valence electrons. The molecule has 0 aliphatic carbocycles. The van der Waals surface area contributed by atoms with Crippen LogP contribution in [0.4, 0.5) is 5.69 Å². The average molecular weight is 273 g/mol. The van der Waals surface area contributed by atoms with E-state index in [2.05, 4.69) is 42.5 Å². The van der Waals surface area contributed by atoms with Gasteiger partial charge in [-0.1, -0.05) is 18.2 Å². The minimum atomic E-state index is 0.304. The Kier molecular flexibility index (Phi) is 3.66. The molecule has 1 saturated heterocycles. The molecule has 1 fully saturated rings. The van der Waals surface area contributed by atoms with Crippen LogP contribution in [0.25, 0.3) is 0 Å². The Morgan fingerprint density at radius 3 is 2.95 bits per heavy atom. The predicted octanol–water partition coefficient (Wildman–Crippen LogP) is 1.75. The van der Waals surface area contributed by atoms with Gasteiger partial charge in [0.2, 0.25) is 5.91 Å². The van der Waals surface area contributed by atoms with E-state index in [0.717, 1.165) is 26.1 Å². The number of benzene rings is 1. The van der Waals surface area contributed by atoms with Gasteiger partial charge in [0.15, 0.2) is 0 Å². The number of carbonyl (C=O) groups excluding carboxylic acids is 1. The van der Waals surface area contributed by atoms with Gasteiger partial charge >= 0.3 is 0 Å². The molecule has 1 N–H and O–H groups in total. The van der Waals surface area contributed by atoms with Crippen LogP contribution < -0.4 is 5.32 Å². The van der Waals surface area contributed by atoms with E-state index in [1.165, 1.54) is 11.3 Å². The molecule has 2 aliphatic rings. The molecule has 0 radical (unpaired) electrons. The molecule has 1 aromatic carbocycles. The highest BCUT2D eigenvalue weighted by atomic mass is 16.2. The van der Waals surface area contributed by atoms with Crippen molar-refractivity contribution in [1.29, 1.82) is 0 Å². The maximum Gasteiger partial charge on any atom is 0.223 e. The summed E-state index contributed by atoms with van der Waals surface area (Å²) < 4.78 is 0. The van der Waals surface area contributed by atoms with Crippen molar-refractivity contribution in [2.45, 2.75) is 24.8 Å². The lowest BCUT2D eigenvalue weighted by Gasteiger charge is -2.21. The Bertz CT molecular complexity index is 500. The molecule has 20 heavy (non-hydrogen) atoms. The highest BCUT2D eigenvalue weighted by Gasteiger charge is 2.30. The van der Waals surface area contributed by atoms with E-state index in [0.29, 0.717) is 24.3 Å². The number of anilines is 1. The summed E-state index contributed by atoms with van der Waals surface area (Å²) in [6, 6.07) is 8.85. The Morgan fingerprint density at radius 1 is 1.40 bits per heavy atom. The summed E-state index contributed by atoms with van der Waals surface area (Å²) in [4.78, 5) is 16.7. The first kappa shape index (κ1) is 13.4. The van der Waals surface area contributed by atoms with Crippen LogP contribution in [-0.2, 0) is 4.79 Å². The molecule has 0 spiro atoms. The SMILES string of the molecule is CN(C)C1CCN(C(=O)CC2CNc3ccccc32)C1. The number of fused-ring (bicyclic) bond motifs is 1. The monoisotopic (exact) mass is 273 g/mol. The van der Waals surface area contributed by atoms with E-state index < -0.39 is 0 Å². The van der Waals surface area contributed by atoms with Gasteiger partial charge < -0.3 is 15.1 Å². The number of likely N-dealkylation sites (N-methyl/N-ethyl adjacent to an activating group) is 1. The van der Waals surface area contributed by atoms with E-state index in [1.807, 2.05) is 11.0 Å². The lowest BCUT2D eigenvalue weighted by molar-refractivity contribution is -0.130. The number of amides is 1. The molecule has 2 heterocycles. The Hall–Kier alpha value is -1.55. The van der Waals surface area contributed by atoms with Gasteiger partial charge in [0, 0.05) is 43.7 Å². The quantitative estimate of drug-likeness (QED) is 0.911. The van der Waals surface area contributed by atoms with Gasteiger partial charge in [-0.05, 0) is 32.1 Å². The van der Waals surface area contributed by atoms with Gasteiger partial charge in [-0.15, -0.1) is 0 Å². The lowest BCUT2D eigenvalue weighted by Crippen LogP contribution is -2.35. The number of hydrogen-bond donors (Lipinski definition) is 1. The maximum absolute atomic E-state index is 12.5. The third kappa shape index (κ3) is 2.52. The first-order valence-electron chi connectivity index (χ1n) is 7.42. The van der Waals surface area contributed by atoms with Crippen LogP contribution in [0.2, 0.25) is 0 Å². The second kappa shape index (κ2) is 5.44. The van der Waals surface area contributed by atoms with E-state index in [9.17, 15) is 4.79 Å². The third-order valence-corrected chi connectivity index (χ3v) is 4.61. The molecular weight excluding hydrogens is 250 g/mol. The van der Waals surface area contributed by atoms with Crippen LogP contribution in [0, 0.1) is 0 Å². The number of carbonyl (C=O) groups is 1. The number of rotatable bonds is 3. The first-order chi connectivity index (χ1) is 9.65. The van der Waals surface area contributed by atoms with Crippen molar-refractivity contribution in [3.05, 3.63) is 29.8 Å². The smallest absolute Gasteiger partial charge is 0.223 e. The summed E-state index contributed by atoms with van der Waals surface area (Å²) in [5.41, 5.74) is 2.49. The van der Waals surface area contributed by atoms with Crippen LogP contribution >= 0.6 is 0 Å². The molecule has 2 atom stereocenters. The standard InChI is InChI=1S/C16H23N3O/c1-18(2)13-7-8-19(11-13)16(20)9-12-10-17-15-6-4-3-5-14(12)15/h3-6,12-13,17H,7-11H2,1-2H3. The van der Waals surface area contributed by atoms with Crippen molar-refractivity contribution in [1.82, 2.24) is 9.80 Å². The molecule has 2 aliphatic heterocycles. The summed E-state index contributed by atoms with van der Waals surface area (Å²) in [7, 11) is 4.19. The summed E-state index contributed by atoms with van der Waals surface area (Å²) >= 11 is 0. The molecular formula is C16H23N3O. The molecule has 1 aromatic rings. The number of likely N-dealkylation sites (tertiary alicyclic amines) is 1. The van der Waals surface area contributed by atoms with Crippen LogP contribution in [0.1, 0.15) is 24.3 Å². The van der Waals surface area contributed by atoms with Crippen molar-refractivity contribution in [3.63, 3.8) is 0 Å². The molecule has 0 saturated carbocycles. The van der Waals surface area contributed by atoms with E-state index in [4.69, 9.17) is 0 Å². The van der Waals surface area contributed by atoms with Crippen molar-refractivity contribution >= 4 is 11.6 Å². The maximum atomic E-state index is 12.5. The van der Waals surface area contributed by atoms with Crippen LogP contribution in [-0.4, -0.2) is 55.5 Å². The first-order valence-corrected chi connectivity index (χ1v) is 7.42. The van der Waals surface area contributed by atoms with Gasteiger partial charge in [-0.25, -0.2) is 0 Å². The van der Waals surface area contributed by atoms with Gasteiger partial charge in [0.1, 0.15) is 0 Å². The number of para-hydroxylation sites is 1. The van der Waals surface area contributed by atoms with Crippen LogP contribution in [0.5, 0.6) is 0 Å². The molecule has 4 heteroatoms. The van der Waals surface area contributed by atoms with E-state index >= 15 is 0 Å². The molecule has 1 amide bonds. The summed E-state index contributed by atoms with van der Waals surface area (Å²) in [6.45, 7) is 2.67. The Morgan fingerprint density at radius 2 is 2.20 bits per heavy atom. The van der Waals surface area contributed by atoms with Crippen LogP contribution in [0.15, 0.2) is 24.3 Å².